The zero-order valence-electron chi connectivity index (χ0n) is 14.2. The van der Waals surface area contributed by atoms with Crippen LogP contribution in [0.4, 0.5) is 11.4 Å². The molecule has 0 radical (unpaired) electrons. The summed E-state index contributed by atoms with van der Waals surface area (Å²) in [5.74, 6) is 1.44. The van der Waals surface area contributed by atoms with E-state index < -0.39 is 5.63 Å². The summed E-state index contributed by atoms with van der Waals surface area (Å²) in [5.41, 5.74) is 1.37. The maximum absolute atomic E-state index is 12.1. The van der Waals surface area contributed by atoms with Crippen molar-refractivity contribution in [2.75, 3.05) is 11.9 Å². The number of halogens is 1. The van der Waals surface area contributed by atoms with Crippen LogP contribution in [0, 0.1) is 5.92 Å². The highest BCUT2D eigenvalue weighted by Crippen LogP contribution is 2.23. The largest absolute Gasteiger partial charge is 0.494 e. The second-order valence-corrected chi connectivity index (χ2v) is 7.23. The van der Waals surface area contributed by atoms with Crippen molar-refractivity contribution >= 4 is 38.3 Å². The van der Waals surface area contributed by atoms with Crippen LogP contribution in [0.2, 0.25) is 0 Å². The van der Waals surface area contributed by atoms with Gasteiger partial charge in [0.15, 0.2) is 0 Å². The molecule has 3 rings (SSSR count). The molecular formula is C20H20BrNO3. The van der Waals surface area contributed by atoms with Crippen molar-refractivity contribution in [3.8, 4) is 5.75 Å². The van der Waals surface area contributed by atoms with Gasteiger partial charge < -0.3 is 14.5 Å². The van der Waals surface area contributed by atoms with E-state index in [0.717, 1.165) is 27.7 Å². The van der Waals surface area contributed by atoms with Crippen molar-refractivity contribution in [3.05, 3.63) is 63.4 Å². The highest BCUT2D eigenvalue weighted by Gasteiger charge is 2.06. The molecule has 1 heterocycles. The van der Waals surface area contributed by atoms with Crippen LogP contribution in [-0.4, -0.2) is 6.61 Å². The molecule has 0 amide bonds. The average Bonchev–Trinajstić information content (AvgIpc) is 2.57. The highest BCUT2D eigenvalue weighted by molar-refractivity contribution is 9.10. The lowest BCUT2D eigenvalue weighted by Crippen LogP contribution is -2.06. The first kappa shape index (κ1) is 17.5. The van der Waals surface area contributed by atoms with Crippen LogP contribution in [0.5, 0.6) is 5.75 Å². The first-order chi connectivity index (χ1) is 12.0. The third-order valence-corrected chi connectivity index (χ3v) is 4.28. The van der Waals surface area contributed by atoms with Crippen LogP contribution in [0.3, 0.4) is 0 Å². The van der Waals surface area contributed by atoms with E-state index in [1.807, 2.05) is 36.4 Å². The van der Waals surface area contributed by atoms with E-state index in [2.05, 4.69) is 35.1 Å². The molecule has 2 aromatic carbocycles. The molecule has 0 saturated heterocycles. The summed E-state index contributed by atoms with van der Waals surface area (Å²) >= 11 is 3.43. The minimum atomic E-state index is -0.396. The Morgan fingerprint density at radius 1 is 1.12 bits per heavy atom. The quantitative estimate of drug-likeness (QED) is 0.536. The van der Waals surface area contributed by atoms with Crippen LogP contribution in [0.1, 0.15) is 20.3 Å². The van der Waals surface area contributed by atoms with Gasteiger partial charge in [-0.25, -0.2) is 4.79 Å². The summed E-state index contributed by atoms with van der Waals surface area (Å²) in [6.07, 6.45) is 1.02. The van der Waals surface area contributed by atoms with Crippen LogP contribution in [-0.2, 0) is 0 Å². The fourth-order valence-electron chi connectivity index (χ4n) is 2.38. The summed E-state index contributed by atoms with van der Waals surface area (Å²) in [7, 11) is 0. The van der Waals surface area contributed by atoms with E-state index in [4.69, 9.17) is 9.15 Å². The smallest absolute Gasteiger partial charge is 0.360 e. The SMILES string of the molecule is CC(C)CCOc1ccc(Nc2cc3cc(Br)ccc3oc2=O)cc1. The standard InChI is InChI=1S/C20H20BrNO3/c1-13(2)9-10-24-17-6-4-16(5-7-17)22-18-12-14-11-15(21)3-8-19(14)25-20(18)23/h3-8,11-13,22H,9-10H2,1-2H3. The van der Waals surface area contributed by atoms with E-state index >= 15 is 0 Å². The monoisotopic (exact) mass is 401 g/mol. The summed E-state index contributed by atoms with van der Waals surface area (Å²) < 4.78 is 12.0. The van der Waals surface area contributed by atoms with Gasteiger partial charge in [0.25, 0.3) is 0 Å². The molecule has 1 aromatic heterocycles. The minimum absolute atomic E-state index is 0.396. The molecule has 25 heavy (non-hydrogen) atoms. The molecule has 0 fully saturated rings. The summed E-state index contributed by atoms with van der Waals surface area (Å²) in [5, 5.41) is 3.96. The van der Waals surface area contributed by atoms with Gasteiger partial charge in [-0.3, -0.25) is 0 Å². The van der Waals surface area contributed by atoms with Gasteiger partial charge in [-0.2, -0.15) is 0 Å². The number of hydrogen-bond acceptors (Lipinski definition) is 4. The summed E-state index contributed by atoms with van der Waals surface area (Å²) in [6.45, 7) is 5.04. The zero-order chi connectivity index (χ0) is 17.8. The number of benzene rings is 2. The van der Waals surface area contributed by atoms with Gasteiger partial charge in [0.2, 0.25) is 0 Å². The van der Waals surface area contributed by atoms with Gasteiger partial charge in [-0.05, 0) is 60.9 Å². The van der Waals surface area contributed by atoms with Crippen LogP contribution >= 0.6 is 15.9 Å². The van der Waals surface area contributed by atoms with Crippen molar-refractivity contribution in [3.63, 3.8) is 0 Å². The molecule has 5 heteroatoms. The van der Waals surface area contributed by atoms with Crippen molar-refractivity contribution < 1.29 is 9.15 Å². The van der Waals surface area contributed by atoms with Gasteiger partial charge in [-0.15, -0.1) is 0 Å². The maximum atomic E-state index is 12.1. The molecule has 0 aliphatic carbocycles. The second-order valence-electron chi connectivity index (χ2n) is 6.31. The van der Waals surface area contributed by atoms with Gasteiger partial charge in [0, 0.05) is 15.5 Å². The first-order valence-electron chi connectivity index (χ1n) is 8.24. The Morgan fingerprint density at radius 3 is 2.60 bits per heavy atom. The van der Waals surface area contributed by atoms with Crippen LogP contribution in [0.15, 0.2) is 62.2 Å². The fraction of sp³-hybridized carbons (Fsp3) is 0.250. The molecule has 3 aromatic rings. The lowest BCUT2D eigenvalue weighted by molar-refractivity contribution is 0.289. The Kier molecular flexibility index (Phi) is 5.43. The molecule has 4 nitrogen and oxygen atoms in total. The van der Waals surface area contributed by atoms with Crippen molar-refractivity contribution in [1.82, 2.24) is 0 Å². The van der Waals surface area contributed by atoms with E-state index in [-0.39, 0.29) is 0 Å². The highest BCUT2D eigenvalue weighted by atomic mass is 79.9. The molecule has 0 atom stereocenters. The van der Waals surface area contributed by atoms with E-state index in [9.17, 15) is 4.79 Å². The van der Waals surface area contributed by atoms with E-state index in [0.29, 0.717) is 23.8 Å². The molecule has 0 bridgehead atoms. The Hall–Kier alpha value is -2.27. The number of anilines is 2. The maximum Gasteiger partial charge on any atom is 0.360 e. The molecule has 1 N–H and O–H groups in total. The number of rotatable bonds is 6. The lowest BCUT2D eigenvalue weighted by Gasteiger charge is -2.10. The Bertz CT molecular complexity index is 916. The second kappa shape index (κ2) is 7.74. The van der Waals surface area contributed by atoms with Crippen molar-refractivity contribution in [2.45, 2.75) is 20.3 Å². The molecule has 130 valence electrons. The van der Waals surface area contributed by atoms with Crippen molar-refractivity contribution in [1.29, 1.82) is 0 Å². The fourth-order valence-corrected chi connectivity index (χ4v) is 2.76. The van der Waals surface area contributed by atoms with E-state index in [1.165, 1.54) is 0 Å². The van der Waals surface area contributed by atoms with E-state index in [1.54, 1.807) is 12.1 Å². The van der Waals surface area contributed by atoms with Crippen molar-refractivity contribution in [2.24, 2.45) is 5.92 Å². The predicted molar refractivity (Wildman–Crippen MR) is 105 cm³/mol. The zero-order valence-corrected chi connectivity index (χ0v) is 15.8. The third kappa shape index (κ3) is 4.63. The summed E-state index contributed by atoms with van der Waals surface area (Å²) in [4.78, 5) is 12.1. The Balaban J connectivity index is 1.74. The number of fused-ring (bicyclic) bond motifs is 1. The summed E-state index contributed by atoms with van der Waals surface area (Å²) in [6, 6.07) is 14.9. The molecule has 0 saturated carbocycles. The first-order valence-corrected chi connectivity index (χ1v) is 9.04. The molecule has 0 spiro atoms. The normalized spacial score (nSPS) is 11.0. The Morgan fingerprint density at radius 2 is 1.88 bits per heavy atom. The predicted octanol–water partition coefficient (Wildman–Crippen LogP) is 5.72. The lowest BCUT2D eigenvalue weighted by atomic mass is 10.1. The number of nitrogens with one attached hydrogen (secondary N) is 1. The molecular weight excluding hydrogens is 382 g/mol. The Labute approximate surface area is 154 Å². The molecule has 0 aliphatic heterocycles. The van der Waals surface area contributed by atoms with Gasteiger partial charge in [-0.1, -0.05) is 29.8 Å². The van der Waals surface area contributed by atoms with Gasteiger partial charge >= 0.3 is 5.63 Å². The van der Waals surface area contributed by atoms with Crippen LogP contribution < -0.4 is 15.7 Å². The molecule has 0 unspecified atom stereocenters. The van der Waals surface area contributed by atoms with Gasteiger partial charge in [0.1, 0.15) is 17.0 Å². The average molecular weight is 402 g/mol. The number of hydrogen-bond donors (Lipinski definition) is 1. The minimum Gasteiger partial charge on any atom is -0.494 e. The topological polar surface area (TPSA) is 51.5 Å². The molecule has 0 aliphatic rings. The van der Waals surface area contributed by atoms with Crippen LogP contribution in [0.25, 0.3) is 11.0 Å². The third-order valence-electron chi connectivity index (χ3n) is 3.79. The number of ether oxygens (including phenoxy) is 1. The van der Waals surface area contributed by atoms with Gasteiger partial charge in [0.05, 0.1) is 6.61 Å².